The number of unbranched alkanes of at least 4 members (excludes halogenated alkanes) is 10. The van der Waals surface area contributed by atoms with Crippen LogP contribution in [-0.4, -0.2) is 42.8 Å². The van der Waals surface area contributed by atoms with Crippen LogP contribution in [0.3, 0.4) is 0 Å². The van der Waals surface area contributed by atoms with E-state index in [0.29, 0.717) is 19.6 Å². The average molecular weight is 382 g/mol. The van der Waals surface area contributed by atoms with Crippen molar-refractivity contribution in [2.45, 2.75) is 96.4 Å². The molecule has 0 aromatic carbocycles. The normalized spacial score (nSPS) is 16.3. The molecule has 27 heavy (non-hydrogen) atoms. The topological polar surface area (TPSA) is 55.8 Å². The summed E-state index contributed by atoms with van der Waals surface area (Å²) in [7, 11) is 0. The minimum atomic E-state index is -0.491. The van der Waals surface area contributed by atoms with Gasteiger partial charge in [0.15, 0.2) is 0 Å². The van der Waals surface area contributed by atoms with Crippen LogP contribution in [0.2, 0.25) is 0 Å². The molecular weight excluding hydrogens is 342 g/mol. The summed E-state index contributed by atoms with van der Waals surface area (Å²) < 4.78 is 10.4. The molecule has 5 heteroatoms. The summed E-state index contributed by atoms with van der Waals surface area (Å²) in [4.78, 5) is 25.6. The van der Waals surface area contributed by atoms with Crippen molar-refractivity contribution in [3.05, 3.63) is 12.7 Å². The first-order chi connectivity index (χ1) is 13.2. The van der Waals surface area contributed by atoms with E-state index < -0.39 is 12.1 Å². The zero-order valence-corrected chi connectivity index (χ0v) is 17.3. The molecule has 0 saturated carbocycles. The molecular formula is C22H39NO4. The zero-order chi connectivity index (χ0) is 19.7. The van der Waals surface area contributed by atoms with Crippen LogP contribution in [0.4, 0.5) is 4.79 Å². The van der Waals surface area contributed by atoms with E-state index in [1.165, 1.54) is 68.8 Å². The maximum Gasteiger partial charge on any atom is 0.410 e. The van der Waals surface area contributed by atoms with Gasteiger partial charge in [-0.1, -0.05) is 83.8 Å². The molecule has 1 aliphatic rings. The Morgan fingerprint density at radius 2 is 1.56 bits per heavy atom. The van der Waals surface area contributed by atoms with Gasteiger partial charge in [-0.05, 0) is 19.3 Å². The first kappa shape index (κ1) is 23.5. The fourth-order valence-corrected chi connectivity index (χ4v) is 3.48. The van der Waals surface area contributed by atoms with Gasteiger partial charge in [0.25, 0.3) is 0 Å². The predicted molar refractivity (Wildman–Crippen MR) is 109 cm³/mol. The number of amides is 1. The van der Waals surface area contributed by atoms with Gasteiger partial charge in [-0.15, -0.1) is 0 Å². The molecule has 0 aliphatic carbocycles. The minimum Gasteiger partial charge on any atom is -0.464 e. The van der Waals surface area contributed by atoms with Gasteiger partial charge in [0.2, 0.25) is 0 Å². The number of ether oxygens (including phenoxy) is 2. The number of hydrogen-bond acceptors (Lipinski definition) is 4. The Labute approximate surface area is 165 Å². The Morgan fingerprint density at radius 3 is 2.15 bits per heavy atom. The number of esters is 1. The summed E-state index contributed by atoms with van der Waals surface area (Å²) in [6.45, 7) is 6.93. The summed E-state index contributed by atoms with van der Waals surface area (Å²) in [6, 6.07) is -0.491. The molecule has 0 aromatic heterocycles. The third-order valence-corrected chi connectivity index (χ3v) is 5.08. The monoisotopic (exact) mass is 381 g/mol. The summed E-state index contributed by atoms with van der Waals surface area (Å²) in [6.07, 6.45) is 16.5. The third kappa shape index (κ3) is 10.4. The number of carbonyl (C=O) groups excluding carboxylic acids is 2. The van der Waals surface area contributed by atoms with Crippen molar-refractivity contribution >= 4 is 12.1 Å². The zero-order valence-electron chi connectivity index (χ0n) is 17.3. The van der Waals surface area contributed by atoms with E-state index in [9.17, 15) is 9.59 Å². The van der Waals surface area contributed by atoms with E-state index in [4.69, 9.17) is 9.47 Å². The lowest BCUT2D eigenvalue weighted by molar-refractivity contribution is -0.148. The van der Waals surface area contributed by atoms with E-state index >= 15 is 0 Å². The average Bonchev–Trinajstić information content (AvgIpc) is 3.17. The van der Waals surface area contributed by atoms with Gasteiger partial charge in [0.05, 0.1) is 6.61 Å². The highest BCUT2D eigenvalue weighted by molar-refractivity contribution is 5.82. The molecule has 1 aliphatic heterocycles. The van der Waals surface area contributed by atoms with Crippen LogP contribution in [0, 0.1) is 0 Å². The fraction of sp³-hybridized carbons (Fsp3) is 0.818. The molecule has 5 nitrogen and oxygen atoms in total. The van der Waals surface area contributed by atoms with Crippen molar-refractivity contribution in [2.75, 3.05) is 19.8 Å². The van der Waals surface area contributed by atoms with Crippen molar-refractivity contribution in [1.82, 2.24) is 4.90 Å². The number of hydrogen-bond donors (Lipinski definition) is 0. The summed E-state index contributed by atoms with van der Waals surface area (Å²) in [5, 5.41) is 0. The second kappa shape index (κ2) is 15.5. The van der Waals surface area contributed by atoms with Gasteiger partial charge in [-0.3, -0.25) is 4.90 Å². The van der Waals surface area contributed by atoms with Crippen LogP contribution in [-0.2, 0) is 14.3 Å². The Hall–Kier alpha value is -1.52. The Balaban J connectivity index is 2.02. The van der Waals surface area contributed by atoms with Gasteiger partial charge in [-0.2, -0.15) is 0 Å². The SMILES string of the molecule is C=CCOC(=O)N1CCCC1C(=O)OCCCCCCCCCCCCC. The molecule has 156 valence electrons. The predicted octanol–water partition coefficient (Wildman–Crippen LogP) is 5.63. The highest BCUT2D eigenvalue weighted by atomic mass is 16.6. The van der Waals surface area contributed by atoms with Crippen LogP contribution in [0.5, 0.6) is 0 Å². The largest absolute Gasteiger partial charge is 0.464 e. The molecule has 1 saturated heterocycles. The van der Waals surface area contributed by atoms with Gasteiger partial charge in [0.1, 0.15) is 12.6 Å². The van der Waals surface area contributed by atoms with E-state index in [0.717, 1.165) is 19.3 Å². The molecule has 1 rings (SSSR count). The first-order valence-corrected chi connectivity index (χ1v) is 10.9. The lowest BCUT2D eigenvalue weighted by atomic mass is 10.1. The number of carbonyl (C=O) groups is 2. The van der Waals surface area contributed by atoms with Gasteiger partial charge in [-0.25, -0.2) is 9.59 Å². The maximum absolute atomic E-state index is 12.2. The first-order valence-electron chi connectivity index (χ1n) is 10.9. The summed E-state index contributed by atoms with van der Waals surface area (Å²) >= 11 is 0. The molecule has 1 heterocycles. The van der Waals surface area contributed by atoms with E-state index in [-0.39, 0.29) is 12.6 Å². The Kier molecular flexibility index (Phi) is 13.5. The summed E-state index contributed by atoms with van der Waals surface area (Å²) in [5.74, 6) is -0.296. The third-order valence-electron chi connectivity index (χ3n) is 5.08. The van der Waals surface area contributed by atoms with Crippen LogP contribution in [0.25, 0.3) is 0 Å². The lowest BCUT2D eigenvalue weighted by Gasteiger charge is -2.22. The Morgan fingerprint density at radius 1 is 0.963 bits per heavy atom. The highest BCUT2D eigenvalue weighted by Gasteiger charge is 2.36. The molecule has 0 radical (unpaired) electrons. The van der Waals surface area contributed by atoms with Crippen molar-refractivity contribution < 1.29 is 19.1 Å². The molecule has 1 unspecified atom stereocenters. The molecule has 1 amide bonds. The molecule has 0 spiro atoms. The van der Waals surface area contributed by atoms with Crippen LogP contribution in [0.1, 0.15) is 90.4 Å². The van der Waals surface area contributed by atoms with Crippen molar-refractivity contribution in [1.29, 1.82) is 0 Å². The van der Waals surface area contributed by atoms with E-state index in [1.54, 1.807) is 0 Å². The van der Waals surface area contributed by atoms with E-state index in [2.05, 4.69) is 13.5 Å². The van der Waals surface area contributed by atoms with Crippen LogP contribution < -0.4 is 0 Å². The fourth-order valence-electron chi connectivity index (χ4n) is 3.48. The van der Waals surface area contributed by atoms with Gasteiger partial charge >= 0.3 is 12.1 Å². The second-order valence-electron chi connectivity index (χ2n) is 7.42. The van der Waals surface area contributed by atoms with Crippen molar-refractivity contribution in [2.24, 2.45) is 0 Å². The minimum absolute atomic E-state index is 0.163. The second-order valence-corrected chi connectivity index (χ2v) is 7.42. The highest BCUT2D eigenvalue weighted by Crippen LogP contribution is 2.20. The number of rotatable bonds is 15. The number of likely N-dealkylation sites (tertiary alicyclic amines) is 1. The van der Waals surface area contributed by atoms with Crippen LogP contribution in [0.15, 0.2) is 12.7 Å². The quantitative estimate of drug-likeness (QED) is 0.210. The van der Waals surface area contributed by atoms with Crippen molar-refractivity contribution in [3.63, 3.8) is 0 Å². The number of nitrogens with zero attached hydrogens (tertiary/aromatic N) is 1. The van der Waals surface area contributed by atoms with Crippen LogP contribution >= 0.6 is 0 Å². The molecule has 1 atom stereocenters. The van der Waals surface area contributed by atoms with Gasteiger partial charge < -0.3 is 9.47 Å². The molecule has 0 N–H and O–H groups in total. The van der Waals surface area contributed by atoms with Crippen molar-refractivity contribution in [3.8, 4) is 0 Å². The lowest BCUT2D eigenvalue weighted by Crippen LogP contribution is -2.41. The van der Waals surface area contributed by atoms with Gasteiger partial charge in [0, 0.05) is 6.54 Å². The standard InChI is InChI=1S/C22H39NO4/c1-3-5-6-7-8-9-10-11-12-13-14-19-26-21(24)20-16-15-17-23(20)22(25)27-18-4-2/h4,20H,2-3,5-19H2,1H3. The maximum atomic E-state index is 12.2. The Bertz CT molecular complexity index is 425. The molecule has 0 aromatic rings. The smallest absolute Gasteiger partial charge is 0.410 e. The summed E-state index contributed by atoms with van der Waals surface area (Å²) in [5.41, 5.74) is 0. The van der Waals surface area contributed by atoms with E-state index in [1.807, 2.05) is 0 Å². The molecule has 1 fully saturated rings. The molecule has 0 bridgehead atoms.